The number of carboxylic acids is 2. The van der Waals surface area contributed by atoms with Gasteiger partial charge < -0.3 is 31.9 Å². The summed E-state index contributed by atoms with van der Waals surface area (Å²) < 4.78 is 0. The average Bonchev–Trinajstić information content (AvgIpc) is 3.07. The van der Waals surface area contributed by atoms with E-state index in [1.54, 1.807) is 0 Å². The number of likely N-dealkylation sites (tertiary alicyclic amines) is 1. The number of carbonyl (C=O) groups excluding carboxylic acids is 2. The molecule has 1 aliphatic heterocycles. The van der Waals surface area contributed by atoms with Crippen molar-refractivity contribution in [2.45, 2.75) is 63.1 Å². The Labute approximate surface area is 151 Å². The van der Waals surface area contributed by atoms with Gasteiger partial charge in [0.25, 0.3) is 0 Å². The molecule has 1 fully saturated rings. The minimum Gasteiger partial charge on any atom is -0.481 e. The van der Waals surface area contributed by atoms with Crippen molar-refractivity contribution in [3.8, 4) is 0 Å². The van der Waals surface area contributed by atoms with E-state index in [0.29, 0.717) is 32.2 Å². The summed E-state index contributed by atoms with van der Waals surface area (Å²) in [5.41, 5.74) is 11.2. The van der Waals surface area contributed by atoms with E-state index in [-0.39, 0.29) is 19.4 Å². The lowest BCUT2D eigenvalue weighted by molar-refractivity contribution is -0.150. The van der Waals surface area contributed by atoms with Crippen LogP contribution in [0.1, 0.15) is 44.9 Å². The second-order valence-electron chi connectivity index (χ2n) is 6.41. The monoisotopic (exact) mass is 372 g/mol. The largest absolute Gasteiger partial charge is 0.481 e. The number of unbranched alkanes of at least 4 members (excludes halogenated alkanes) is 1. The van der Waals surface area contributed by atoms with Crippen LogP contribution in [0, 0.1) is 0 Å². The molecule has 0 aliphatic carbocycles. The molecule has 0 saturated carbocycles. The molecular formula is C16H28N4O6. The van der Waals surface area contributed by atoms with Gasteiger partial charge in [-0.3, -0.25) is 14.4 Å². The Morgan fingerprint density at radius 1 is 1.15 bits per heavy atom. The molecule has 0 spiro atoms. The van der Waals surface area contributed by atoms with Crippen LogP contribution in [0.15, 0.2) is 0 Å². The number of nitrogens with two attached hydrogens (primary N) is 2. The normalized spacial score (nSPS) is 19.0. The molecule has 1 heterocycles. The second kappa shape index (κ2) is 10.7. The average molecular weight is 372 g/mol. The van der Waals surface area contributed by atoms with E-state index in [0.717, 1.165) is 6.42 Å². The quantitative estimate of drug-likeness (QED) is 0.283. The van der Waals surface area contributed by atoms with E-state index in [4.69, 9.17) is 16.6 Å². The zero-order valence-corrected chi connectivity index (χ0v) is 14.7. The topological polar surface area (TPSA) is 176 Å². The fraction of sp³-hybridized carbons (Fsp3) is 0.750. The van der Waals surface area contributed by atoms with Crippen LogP contribution in [0.2, 0.25) is 0 Å². The van der Waals surface area contributed by atoms with Crippen LogP contribution < -0.4 is 16.8 Å². The molecule has 0 aromatic carbocycles. The number of nitrogens with one attached hydrogen (secondary N) is 1. The molecule has 1 rings (SSSR count). The maximum atomic E-state index is 12.7. The molecule has 3 atom stereocenters. The molecule has 0 aromatic heterocycles. The summed E-state index contributed by atoms with van der Waals surface area (Å²) in [7, 11) is 0. The fourth-order valence-electron chi connectivity index (χ4n) is 2.93. The van der Waals surface area contributed by atoms with Gasteiger partial charge in [0.2, 0.25) is 11.8 Å². The number of rotatable bonds is 11. The molecule has 10 heteroatoms. The maximum absolute atomic E-state index is 12.7. The number of carboxylic acid groups (broad SMARTS) is 2. The number of hydrogen-bond acceptors (Lipinski definition) is 6. The van der Waals surface area contributed by atoms with Crippen LogP contribution in [0.25, 0.3) is 0 Å². The number of nitrogens with zero attached hydrogens (tertiary/aromatic N) is 1. The van der Waals surface area contributed by atoms with Crippen LogP contribution in [0.5, 0.6) is 0 Å². The van der Waals surface area contributed by atoms with Crippen molar-refractivity contribution in [3.05, 3.63) is 0 Å². The van der Waals surface area contributed by atoms with Crippen LogP contribution in [-0.2, 0) is 19.2 Å². The molecule has 7 N–H and O–H groups in total. The van der Waals surface area contributed by atoms with Crippen LogP contribution in [-0.4, -0.2) is 70.1 Å². The minimum atomic E-state index is -1.11. The number of aliphatic carboxylic acids is 2. The van der Waals surface area contributed by atoms with Crippen molar-refractivity contribution in [2.24, 2.45) is 11.5 Å². The summed E-state index contributed by atoms with van der Waals surface area (Å²) in [4.78, 5) is 48.2. The molecule has 26 heavy (non-hydrogen) atoms. The number of carbonyl (C=O) groups is 4. The Morgan fingerprint density at radius 2 is 1.85 bits per heavy atom. The zero-order chi connectivity index (χ0) is 19.7. The Balaban J connectivity index is 2.77. The van der Waals surface area contributed by atoms with Gasteiger partial charge in [-0.05, 0) is 38.6 Å². The van der Waals surface area contributed by atoms with E-state index in [2.05, 4.69) is 5.32 Å². The van der Waals surface area contributed by atoms with Crippen LogP contribution in [0.4, 0.5) is 0 Å². The number of amides is 2. The highest BCUT2D eigenvalue weighted by atomic mass is 16.4. The molecule has 0 aromatic rings. The lowest BCUT2D eigenvalue weighted by atomic mass is 10.1. The first-order valence-corrected chi connectivity index (χ1v) is 8.79. The van der Waals surface area contributed by atoms with E-state index < -0.39 is 41.9 Å². The predicted molar refractivity (Wildman–Crippen MR) is 92.1 cm³/mol. The summed E-state index contributed by atoms with van der Waals surface area (Å²) in [6.07, 6.45) is 2.19. The van der Waals surface area contributed by atoms with Gasteiger partial charge in [-0.25, -0.2) is 4.79 Å². The van der Waals surface area contributed by atoms with Crippen molar-refractivity contribution in [1.29, 1.82) is 0 Å². The highest BCUT2D eigenvalue weighted by Crippen LogP contribution is 2.19. The first kappa shape index (κ1) is 21.8. The van der Waals surface area contributed by atoms with Crippen LogP contribution >= 0.6 is 0 Å². The van der Waals surface area contributed by atoms with Crippen molar-refractivity contribution < 1.29 is 29.4 Å². The smallest absolute Gasteiger partial charge is 0.326 e. The summed E-state index contributed by atoms with van der Waals surface area (Å²) in [6.45, 7) is 0.747. The molecule has 0 bridgehead atoms. The summed E-state index contributed by atoms with van der Waals surface area (Å²) >= 11 is 0. The highest BCUT2D eigenvalue weighted by Gasteiger charge is 2.38. The molecule has 0 unspecified atom stereocenters. The van der Waals surface area contributed by atoms with Crippen molar-refractivity contribution in [3.63, 3.8) is 0 Å². The van der Waals surface area contributed by atoms with E-state index in [9.17, 15) is 24.3 Å². The molecular weight excluding hydrogens is 344 g/mol. The second-order valence-corrected chi connectivity index (χ2v) is 6.41. The van der Waals surface area contributed by atoms with Gasteiger partial charge in [0, 0.05) is 13.0 Å². The lowest BCUT2D eigenvalue weighted by Crippen LogP contribution is -2.54. The van der Waals surface area contributed by atoms with E-state index in [1.807, 2.05) is 0 Å². The third-order valence-corrected chi connectivity index (χ3v) is 4.39. The Hall–Kier alpha value is -2.20. The minimum absolute atomic E-state index is 0.127. The molecule has 0 radical (unpaired) electrons. The Bertz CT molecular complexity index is 527. The predicted octanol–water partition coefficient (Wildman–Crippen LogP) is -1.13. The fourth-order valence-corrected chi connectivity index (χ4v) is 2.93. The molecule has 148 valence electrons. The van der Waals surface area contributed by atoms with Gasteiger partial charge in [0.15, 0.2) is 0 Å². The molecule has 1 aliphatic rings. The van der Waals surface area contributed by atoms with Gasteiger partial charge in [-0.2, -0.15) is 0 Å². The zero-order valence-electron chi connectivity index (χ0n) is 14.7. The summed E-state index contributed by atoms with van der Waals surface area (Å²) in [5, 5.41) is 20.6. The maximum Gasteiger partial charge on any atom is 0.326 e. The third-order valence-electron chi connectivity index (χ3n) is 4.39. The summed E-state index contributed by atoms with van der Waals surface area (Å²) in [5.74, 6) is -3.37. The Morgan fingerprint density at radius 3 is 2.42 bits per heavy atom. The van der Waals surface area contributed by atoms with Crippen molar-refractivity contribution in [2.75, 3.05) is 13.1 Å². The first-order chi connectivity index (χ1) is 12.3. The SMILES string of the molecule is NCCCC[C@H](N)C(=O)N[C@@H](CCC(=O)O)C(=O)N1CCC[C@@H]1C(=O)O. The summed E-state index contributed by atoms with van der Waals surface area (Å²) in [6, 6.07) is -2.90. The van der Waals surface area contributed by atoms with Gasteiger partial charge in [0.1, 0.15) is 12.1 Å². The van der Waals surface area contributed by atoms with Gasteiger partial charge >= 0.3 is 11.9 Å². The van der Waals surface area contributed by atoms with Gasteiger partial charge in [-0.15, -0.1) is 0 Å². The number of hydrogen-bond donors (Lipinski definition) is 5. The first-order valence-electron chi connectivity index (χ1n) is 8.79. The molecule has 10 nitrogen and oxygen atoms in total. The van der Waals surface area contributed by atoms with Crippen molar-refractivity contribution in [1.82, 2.24) is 10.2 Å². The van der Waals surface area contributed by atoms with E-state index in [1.165, 1.54) is 4.90 Å². The van der Waals surface area contributed by atoms with E-state index >= 15 is 0 Å². The Kier molecular flexibility index (Phi) is 9.00. The lowest BCUT2D eigenvalue weighted by Gasteiger charge is -2.27. The molecule has 2 amide bonds. The molecule has 1 saturated heterocycles. The standard InChI is InChI=1S/C16H28N4O6/c17-8-2-1-4-10(18)14(23)19-11(6-7-13(21)22)15(24)20-9-3-5-12(20)16(25)26/h10-12H,1-9,17-18H2,(H,19,23)(H,21,22)(H,25,26)/t10-,11-,12+/m0/s1. The van der Waals surface area contributed by atoms with Gasteiger partial charge in [-0.1, -0.05) is 6.42 Å². The van der Waals surface area contributed by atoms with Crippen molar-refractivity contribution >= 4 is 23.8 Å². The highest BCUT2D eigenvalue weighted by molar-refractivity contribution is 5.92. The van der Waals surface area contributed by atoms with Crippen LogP contribution in [0.3, 0.4) is 0 Å². The van der Waals surface area contributed by atoms with Gasteiger partial charge in [0.05, 0.1) is 6.04 Å². The third kappa shape index (κ3) is 6.60.